The minimum Gasteiger partial charge on any atom is -0.468 e. The highest BCUT2D eigenvalue weighted by atomic mass is 16.5. The molecular formula is C14H27NO4. The Morgan fingerprint density at radius 2 is 2.11 bits per heavy atom. The molecule has 5 nitrogen and oxygen atoms in total. The summed E-state index contributed by atoms with van der Waals surface area (Å²) in [6.45, 7) is 5.06. The van der Waals surface area contributed by atoms with Crippen molar-refractivity contribution < 1.29 is 19.0 Å². The third kappa shape index (κ3) is 5.47. The predicted octanol–water partition coefficient (Wildman–Crippen LogP) is 1.36. The van der Waals surface area contributed by atoms with Gasteiger partial charge in [0.05, 0.1) is 7.11 Å². The fourth-order valence-electron chi connectivity index (χ4n) is 2.25. The monoisotopic (exact) mass is 273 g/mol. The summed E-state index contributed by atoms with van der Waals surface area (Å²) >= 11 is 0. The Labute approximate surface area is 116 Å². The van der Waals surface area contributed by atoms with Crippen LogP contribution in [-0.2, 0) is 19.0 Å². The largest absolute Gasteiger partial charge is 0.468 e. The van der Waals surface area contributed by atoms with Gasteiger partial charge in [-0.1, -0.05) is 0 Å². The van der Waals surface area contributed by atoms with Gasteiger partial charge in [0.25, 0.3) is 0 Å². The maximum absolute atomic E-state index is 11.6. The second-order valence-corrected chi connectivity index (χ2v) is 5.31. The Morgan fingerprint density at radius 3 is 2.68 bits per heavy atom. The van der Waals surface area contributed by atoms with Crippen LogP contribution >= 0.6 is 0 Å². The zero-order valence-corrected chi connectivity index (χ0v) is 12.4. The topological polar surface area (TPSA) is 56.8 Å². The minimum atomic E-state index is -0.614. The fourth-order valence-corrected chi connectivity index (χ4v) is 2.25. The molecule has 0 saturated carbocycles. The molecule has 0 aromatic rings. The molecule has 1 heterocycles. The highest BCUT2D eigenvalue weighted by Crippen LogP contribution is 2.16. The Hall–Kier alpha value is -0.650. The van der Waals surface area contributed by atoms with Crippen LogP contribution in [0.5, 0.6) is 0 Å². The Kier molecular flexibility index (Phi) is 7.34. The van der Waals surface area contributed by atoms with Gasteiger partial charge in [0.15, 0.2) is 0 Å². The van der Waals surface area contributed by atoms with Crippen molar-refractivity contribution in [2.24, 2.45) is 5.92 Å². The van der Waals surface area contributed by atoms with E-state index < -0.39 is 5.54 Å². The molecule has 112 valence electrons. The van der Waals surface area contributed by atoms with Crippen LogP contribution in [0.4, 0.5) is 0 Å². The highest BCUT2D eigenvalue weighted by molar-refractivity contribution is 5.80. The Balaban J connectivity index is 2.13. The van der Waals surface area contributed by atoms with E-state index in [0.29, 0.717) is 18.9 Å². The molecule has 1 atom stereocenters. The van der Waals surface area contributed by atoms with Crippen LogP contribution in [0.25, 0.3) is 0 Å². The molecule has 0 bridgehead atoms. The number of carbonyl (C=O) groups excluding carboxylic acids is 1. The quantitative estimate of drug-likeness (QED) is 0.534. The maximum atomic E-state index is 11.6. The van der Waals surface area contributed by atoms with Gasteiger partial charge in [-0.15, -0.1) is 0 Å². The molecule has 0 aromatic heterocycles. The van der Waals surface area contributed by atoms with Crippen LogP contribution in [0.15, 0.2) is 0 Å². The Bertz CT molecular complexity index is 266. The molecule has 1 saturated heterocycles. The van der Waals surface area contributed by atoms with Crippen molar-refractivity contribution in [3.63, 3.8) is 0 Å². The zero-order valence-electron chi connectivity index (χ0n) is 12.4. The molecular weight excluding hydrogens is 246 g/mol. The van der Waals surface area contributed by atoms with Crippen molar-refractivity contribution in [3.8, 4) is 0 Å². The van der Waals surface area contributed by atoms with Crippen LogP contribution in [0, 0.1) is 5.92 Å². The third-order valence-corrected chi connectivity index (χ3v) is 3.85. The number of carbonyl (C=O) groups is 1. The van der Waals surface area contributed by atoms with Crippen LogP contribution in [0.2, 0.25) is 0 Å². The van der Waals surface area contributed by atoms with E-state index in [4.69, 9.17) is 14.2 Å². The van der Waals surface area contributed by atoms with Crippen LogP contribution in [0.1, 0.15) is 32.6 Å². The lowest BCUT2D eigenvalue weighted by atomic mass is 9.96. The summed E-state index contributed by atoms with van der Waals surface area (Å²) in [5, 5.41) is 3.02. The van der Waals surface area contributed by atoms with Gasteiger partial charge in [-0.25, -0.2) is 0 Å². The van der Waals surface area contributed by atoms with Crippen LogP contribution in [-0.4, -0.2) is 52.1 Å². The van der Waals surface area contributed by atoms with Crippen molar-refractivity contribution in [2.75, 3.05) is 40.6 Å². The second-order valence-electron chi connectivity index (χ2n) is 5.31. The molecule has 5 heteroatoms. The molecule has 1 fully saturated rings. The lowest BCUT2D eigenvalue weighted by molar-refractivity contribution is -0.148. The van der Waals surface area contributed by atoms with Gasteiger partial charge in [-0.3, -0.25) is 4.79 Å². The van der Waals surface area contributed by atoms with E-state index in [0.717, 1.165) is 39.1 Å². The number of nitrogens with one attached hydrogen (secondary N) is 1. The summed E-state index contributed by atoms with van der Waals surface area (Å²) in [5.41, 5.74) is -0.614. The summed E-state index contributed by atoms with van der Waals surface area (Å²) in [6.07, 6.45) is 3.74. The predicted molar refractivity (Wildman–Crippen MR) is 73.1 cm³/mol. The van der Waals surface area contributed by atoms with Gasteiger partial charge in [-0.2, -0.15) is 0 Å². The molecule has 0 amide bonds. The number of likely N-dealkylation sites (N-methyl/N-ethyl adjacent to an activating group) is 1. The Morgan fingerprint density at radius 1 is 1.42 bits per heavy atom. The molecule has 0 radical (unpaired) electrons. The average molecular weight is 273 g/mol. The van der Waals surface area contributed by atoms with E-state index in [1.54, 1.807) is 7.05 Å². The van der Waals surface area contributed by atoms with E-state index >= 15 is 0 Å². The standard InChI is InChI=1S/C14H27NO4/c1-14(15-2,13(16)17-3)7-4-8-19-11-12-5-9-18-10-6-12/h12,15H,4-11H2,1-3H3. The van der Waals surface area contributed by atoms with E-state index in [1.165, 1.54) is 7.11 Å². The van der Waals surface area contributed by atoms with Crippen molar-refractivity contribution in [1.29, 1.82) is 0 Å². The SMILES string of the molecule is CNC(C)(CCCOCC1CCOCC1)C(=O)OC. The molecule has 1 rings (SSSR count). The van der Waals surface area contributed by atoms with Gasteiger partial charge >= 0.3 is 5.97 Å². The van der Waals surface area contributed by atoms with E-state index in [-0.39, 0.29) is 5.97 Å². The van der Waals surface area contributed by atoms with Gasteiger partial charge in [0.2, 0.25) is 0 Å². The molecule has 1 unspecified atom stereocenters. The molecule has 1 aliphatic heterocycles. The summed E-state index contributed by atoms with van der Waals surface area (Å²) in [6, 6.07) is 0. The van der Waals surface area contributed by atoms with Gasteiger partial charge < -0.3 is 19.5 Å². The first-order valence-corrected chi connectivity index (χ1v) is 7.05. The summed E-state index contributed by atoms with van der Waals surface area (Å²) in [7, 11) is 3.19. The average Bonchev–Trinajstić information content (AvgIpc) is 2.46. The summed E-state index contributed by atoms with van der Waals surface area (Å²) in [5.74, 6) is 0.407. The van der Waals surface area contributed by atoms with Gasteiger partial charge in [-0.05, 0) is 45.6 Å². The number of methoxy groups -OCH3 is 1. The first-order chi connectivity index (χ1) is 9.12. The molecule has 0 aliphatic carbocycles. The van der Waals surface area contributed by atoms with Gasteiger partial charge in [0.1, 0.15) is 5.54 Å². The van der Waals surface area contributed by atoms with Crippen molar-refractivity contribution in [1.82, 2.24) is 5.32 Å². The highest BCUT2D eigenvalue weighted by Gasteiger charge is 2.31. The number of hydrogen-bond acceptors (Lipinski definition) is 5. The van der Waals surface area contributed by atoms with E-state index in [2.05, 4.69) is 5.32 Å². The lowest BCUT2D eigenvalue weighted by Gasteiger charge is -2.26. The van der Waals surface area contributed by atoms with Crippen molar-refractivity contribution in [3.05, 3.63) is 0 Å². The number of rotatable bonds is 8. The fraction of sp³-hybridized carbons (Fsp3) is 0.929. The van der Waals surface area contributed by atoms with Crippen molar-refractivity contribution >= 4 is 5.97 Å². The van der Waals surface area contributed by atoms with Crippen LogP contribution in [0.3, 0.4) is 0 Å². The molecule has 0 aromatic carbocycles. The van der Waals surface area contributed by atoms with Crippen LogP contribution < -0.4 is 5.32 Å². The molecule has 1 aliphatic rings. The maximum Gasteiger partial charge on any atom is 0.325 e. The molecule has 19 heavy (non-hydrogen) atoms. The lowest BCUT2D eigenvalue weighted by Crippen LogP contribution is -2.48. The second kappa shape index (κ2) is 8.51. The third-order valence-electron chi connectivity index (χ3n) is 3.85. The zero-order chi connectivity index (χ0) is 14.1. The summed E-state index contributed by atoms with van der Waals surface area (Å²) in [4.78, 5) is 11.6. The van der Waals surface area contributed by atoms with Gasteiger partial charge in [0, 0.05) is 26.4 Å². The minimum absolute atomic E-state index is 0.223. The summed E-state index contributed by atoms with van der Waals surface area (Å²) < 4.78 is 15.8. The number of ether oxygens (including phenoxy) is 3. The van der Waals surface area contributed by atoms with E-state index in [1.807, 2.05) is 6.92 Å². The molecule has 1 N–H and O–H groups in total. The van der Waals surface area contributed by atoms with E-state index in [9.17, 15) is 4.79 Å². The smallest absolute Gasteiger partial charge is 0.325 e. The number of esters is 1. The normalized spacial score (nSPS) is 19.9. The first kappa shape index (κ1) is 16.4. The first-order valence-electron chi connectivity index (χ1n) is 7.05. The van der Waals surface area contributed by atoms with Crippen molar-refractivity contribution in [2.45, 2.75) is 38.1 Å². The number of hydrogen-bond donors (Lipinski definition) is 1. The molecule has 0 spiro atoms.